The van der Waals surface area contributed by atoms with Crippen LogP contribution in [-0.4, -0.2) is 23.5 Å². The van der Waals surface area contributed by atoms with E-state index in [1.807, 2.05) is 0 Å². The van der Waals surface area contributed by atoms with Crippen LogP contribution >= 0.6 is 15.9 Å². The van der Waals surface area contributed by atoms with Gasteiger partial charge in [-0.15, -0.1) is 0 Å². The van der Waals surface area contributed by atoms with Crippen LogP contribution in [0.3, 0.4) is 0 Å². The summed E-state index contributed by atoms with van der Waals surface area (Å²) in [5.74, 6) is 0. The fraction of sp³-hybridized carbons (Fsp3) is 0.500. The summed E-state index contributed by atoms with van der Waals surface area (Å²) in [6.07, 6.45) is -2.82. The summed E-state index contributed by atoms with van der Waals surface area (Å²) in [4.78, 5) is 3.59. The maximum Gasteiger partial charge on any atom is 0.418 e. The molecular weight excluding hydrogens is 287 g/mol. The van der Waals surface area contributed by atoms with Crippen LogP contribution in [0.15, 0.2) is 18.3 Å². The first kappa shape index (κ1) is 13.4. The molecule has 1 heterocycles. The van der Waals surface area contributed by atoms with Crippen molar-refractivity contribution in [3.05, 3.63) is 29.6 Å². The minimum absolute atomic E-state index is 0.0360. The minimum atomic E-state index is -4.36. The molecule has 0 N–H and O–H groups in total. The molecule has 90 valence electrons. The summed E-state index contributed by atoms with van der Waals surface area (Å²) in [7, 11) is 1.50. The van der Waals surface area contributed by atoms with E-state index in [1.165, 1.54) is 19.4 Å². The van der Waals surface area contributed by atoms with Gasteiger partial charge in [0.15, 0.2) is 0 Å². The van der Waals surface area contributed by atoms with Crippen LogP contribution in [-0.2, 0) is 17.3 Å². The van der Waals surface area contributed by atoms with Gasteiger partial charge < -0.3 is 4.74 Å². The molecule has 0 aliphatic carbocycles. The normalized spacial score (nSPS) is 13.8. The summed E-state index contributed by atoms with van der Waals surface area (Å²) in [5, 5.41) is 0. The number of halogens is 4. The highest BCUT2D eigenvalue weighted by Crippen LogP contribution is 2.31. The molecular formula is C10H11BrF3NO. The van der Waals surface area contributed by atoms with E-state index in [0.29, 0.717) is 6.61 Å². The standard InChI is InChI=1S/C10H11BrF3NO/c1-16-6-7(11)5-9-8(10(12,13)14)3-2-4-15-9/h2-4,7H,5-6H2,1H3. The van der Waals surface area contributed by atoms with Gasteiger partial charge in [0.1, 0.15) is 0 Å². The summed E-state index contributed by atoms with van der Waals surface area (Å²) < 4.78 is 42.6. The first-order valence-electron chi connectivity index (χ1n) is 4.59. The van der Waals surface area contributed by atoms with Crippen molar-refractivity contribution in [1.29, 1.82) is 0 Å². The zero-order valence-corrected chi connectivity index (χ0v) is 10.2. The number of alkyl halides is 4. The van der Waals surface area contributed by atoms with Crippen molar-refractivity contribution in [3.63, 3.8) is 0 Å². The van der Waals surface area contributed by atoms with E-state index in [4.69, 9.17) is 4.74 Å². The van der Waals surface area contributed by atoms with Crippen molar-refractivity contribution in [2.45, 2.75) is 17.4 Å². The van der Waals surface area contributed by atoms with Gasteiger partial charge in [-0.1, -0.05) is 15.9 Å². The van der Waals surface area contributed by atoms with Gasteiger partial charge in [0, 0.05) is 24.6 Å². The van der Waals surface area contributed by atoms with Gasteiger partial charge in [-0.25, -0.2) is 0 Å². The third-order valence-corrected chi connectivity index (χ3v) is 2.55. The molecule has 1 aromatic rings. The van der Waals surface area contributed by atoms with Crippen LogP contribution in [0, 0.1) is 0 Å². The second-order valence-corrected chi connectivity index (χ2v) is 4.55. The molecule has 0 aromatic carbocycles. The van der Waals surface area contributed by atoms with Crippen molar-refractivity contribution in [1.82, 2.24) is 4.98 Å². The van der Waals surface area contributed by atoms with Crippen LogP contribution < -0.4 is 0 Å². The summed E-state index contributed by atoms with van der Waals surface area (Å²) in [6.45, 7) is 0.341. The molecule has 16 heavy (non-hydrogen) atoms. The molecule has 1 aromatic heterocycles. The van der Waals surface area contributed by atoms with Gasteiger partial charge in [0.2, 0.25) is 0 Å². The van der Waals surface area contributed by atoms with Gasteiger partial charge in [-0.05, 0) is 12.1 Å². The van der Waals surface area contributed by atoms with Crippen molar-refractivity contribution in [3.8, 4) is 0 Å². The number of methoxy groups -OCH3 is 1. The summed E-state index contributed by atoms with van der Waals surface area (Å²) >= 11 is 3.24. The molecule has 0 fully saturated rings. The van der Waals surface area contributed by atoms with Crippen LogP contribution in [0.5, 0.6) is 0 Å². The smallest absolute Gasteiger partial charge is 0.384 e. The monoisotopic (exact) mass is 297 g/mol. The lowest BCUT2D eigenvalue weighted by Crippen LogP contribution is -2.16. The SMILES string of the molecule is COCC(Br)Cc1ncccc1C(F)(F)F. The third-order valence-electron chi connectivity index (χ3n) is 1.96. The second kappa shape index (κ2) is 5.63. The quantitative estimate of drug-likeness (QED) is 0.797. The van der Waals surface area contributed by atoms with Gasteiger partial charge >= 0.3 is 6.18 Å². The van der Waals surface area contributed by atoms with E-state index >= 15 is 0 Å². The first-order chi connectivity index (χ1) is 7.45. The number of hydrogen-bond donors (Lipinski definition) is 0. The Balaban J connectivity index is 2.87. The van der Waals surface area contributed by atoms with Gasteiger partial charge in [-0.3, -0.25) is 4.98 Å². The topological polar surface area (TPSA) is 22.1 Å². The fourth-order valence-corrected chi connectivity index (χ4v) is 1.88. The first-order valence-corrected chi connectivity index (χ1v) is 5.50. The zero-order valence-electron chi connectivity index (χ0n) is 8.59. The molecule has 6 heteroatoms. The predicted molar refractivity (Wildman–Crippen MR) is 57.5 cm³/mol. The molecule has 0 spiro atoms. The Bertz CT molecular complexity index is 343. The maximum atomic E-state index is 12.6. The molecule has 1 rings (SSSR count). The Kier molecular flexibility index (Phi) is 4.73. The van der Waals surface area contributed by atoms with Crippen molar-refractivity contribution < 1.29 is 17.9 Å². The molecule has 2 nitrogen and oxygen atoms in total. The average molecular weight is 298 g/mol. The van der Waals surface area contributed by atoms with E-state index in [0.717, 1.165) is 6.07 Å². The number of nitrogens with zero attached hydrogens (tertiary/aromatic N) is 1. The summed E-state index contributed by atoms with van der Waals surface area (Å²) in [5.41, 5.74) is -0.649. The highest BCUT2D eigenvalue weighted by atomic mass is 79.9. The Morgan fingerprint density at radius 1 is 1.50 bits per heavy atom. The fourth-order valence-electron chi connectivity index (χ4n) is 1.31. The molecule has 0 aliphatic rings. The Labute approximate surface area is 100.0 Å². The van der Waals surface area contributed by atoms with Crippen LogP contribution in [0.25, 0.3) is 0 Å². The molecule has 0 aliphatic heterocycles. The minimum Gasteiger partial charge on any atom is -0.384 e. The lowest BCUT2D eigenvalue weighted by Gasteiger charge is -2.13. The number of hydrogen-bond acceptors (Lipinski definition) is 2. The maximum absolute atomic E-state index is 12.6. The number of pyridine rings is 1. The predicted octanol–water partition coefficient (Wildman–Crippen LogP) is 3.05. The van der Waals surface area contributed by atoms with Crippen molar-refractivity contribution in [2.24, 2.45) is 0 Å². The van der Waals surface area contributed by atoms with Gasteiger partial charge in [0.05, 0.1) is 17.9 Å². The van der Waals surface area contributed by atoms with Crippen molar-refractivity contribution in [2.75, 3.05) is 13.7 Å². The molecule has 0 saturated carbocycles. The third kappa shape index (κ3) is 3.75. The molecule has 0 saturated heterocycles. The van der Waals surface area contributed by atoms with E-state index in [9.17, 15) is 13.2 Å². The van der Waals surface area contributed by atoms with E-state index in [-0.39, 0.29) is 16.9 Å². The largest absolute Gasteiger partial charge is 0.418 e. The number of ether oxygens (including phenoxy) is 1. The molecule has 0 amide bonds. The molecule has 0 bridgehead atoms. The number of aromatic nitrogens is 1. The highest BCUT2D eigenvalue weighted by Gasteiger charge is 2.34. The lowest BCUT2D eigenvalue weighted by atomic mass is 10.1. The molecule has 1 atom stereocenters. The van der Waals surface area contributed by atoms with Gasteiger partial charge in [0.25, 0.3) is 0 Å². The Morgan fingerprint density at radius 3 is 2.75 bits per heavy atom. The van der Waals surface area contributed by atoms with Gasteiger partial charge in [-0.2, -0.15) is 13.2 Å². The summed E-state index contributed by atoms with van der Waals surface area (Å²) in [6, 6.07) is 2.32. The van der Waals surface area contributed by atoms with Crippen LogP contribution in [0.4, 0.5) is 13.2 Å². The zero-order chi connectivity index (χ0) is 12.2. The van der Waals surface area contributed by atoms with Crippen LogP contribution in [0.2, 0.25) is 0 Å². The van der Waals surface area contributed by atoms with E-state index in [2.05, 4.69) is 20.9 Å². The molecule has 0 radical (unpaired) electrons. The number of rotatable bonds is 4. The average Bonchev–Trinajstić information content (AvgIpc) is 2.17. The second-order valence-electron chi connectivity index (χ2n) is 3.25. The Morgan fingerprint density at radius 2 is 2.19 bits per heavy atom. The lowest BCUT2D eigenvalue weighted by molar-refractivity contribution is -0.138. The van der Waals surface area contributed by atoms with E-state index < -0.39 is 11.7 Å². The highest BCUT2D eigenvalue weighted by molar-refractivity contribution is 9.09. The van der Waals surface area contributed by atoms with Crippen LogP contribution in [0.1, 0.15) is 11.3 Å². The van der Waals surface area contributed by atoms with E-state index in [1.54, 1.807) is 0 Å². The Hall–Kier alpha value is -0.620. The van der Waals surface area contributed by atoms with Crippen molar-refractivity contribution >= 4 is 15.9 Å². The molecule has 1 unspecified atom stereocenters.